The number of nitrogens with zero attached hydrogens (tertiary/aromatic N) is 5. The van der Waals surface area contributed by atoms with E-state index in [-0.39, 0.29) is 6.10 Å². The molecule has 0 unspecified atom stereocenters. The third-order valence-electron chi connectivity index (χ3n) is 5.36. The summed E-state index contributed by atoms with van der Waals surface area (Å²) in [5.41, 5.74) is 6.30. The van der Waals surface area contributed by atoms with E-state index in [0.29, 0.717) is 24.9 Å². The van der Waals surface area contributed by atoms with Gasteiger partial charge in [0, 0.05) is 29.6 Å². The normalized spacial score (nSPS) is 18.8. The van der Waals surface area contributed by atoms with E-state index in [9.17, 15) is 0 Å². The molecular weight excluding hydrogens is 356 g/mol. The van der Waals surface area contributed by atoms with E-state index in [1.807, 2.05) is 19.2 Å². The molecule has 2 aliphatic rings. The summed E-state index contributed by atoms with van der Waals surface area (Å²) in [6.45, 7) is 3.29. The Labute approximate surface area is 162 Å². The van der Waals surface area contributed by atoms with Gasteiger partial charge in [0.05, 0.1) is 18.8 Å². The molecule has 1 atom stereocenters. The molecule has 8 heteroatoms. The molecule has 1 aliphatic carbocycles. The summed E-state index contributed by atoms with van der Waals surface area (Å²) in [7, 11) is 0. The van der Waals surface area contributed by atoms with Crippen LogP contribution < -0.4 is 4.74 Å². The van der Waals surface area contributed by atoms with Gasteiger partial charge in [0.25, 0.3) is 0 Å². The highest BCUT2D eigenvalue weighted by Crippen LogP contribution is 2.42. The van der Waals surface area contributed by atoms with Crippen molar-refractivity contribution >= 4 is 0 Å². The average Bonchev–Trinajstić information content (AvgIpc) is 3.41. The molecule has 0 bridgehead atoms. The van der Waals surface area contributed by atoms with E-state index in [1.165, 1.54) is 5.56 Å². The molecule has 3 aromatic heterocycles. The van der Waals surface area contributed by atoms with Crippen molar-refractivity contribution in [3.05, 3.63) is 35.3 Å². The summed E-state index contributed by atoms with van der Waals surface area (Å²) in [6.07, 6.45) is 6.91. The summed E-state index contributed by atoms with van der Waals surface area (Å²) in [4.78, 5) is 9.29. The van der Waals surface area contributed by atoms with Gasteiger partial charge in [-0.1, -0.05) is 0 Å². The predicted octanol–water partition coefficient (Wildman–Crippen LogP) is 2.68. The molecule has 144 valence electrons. The summed E-state index contributed by atoms with van der Waals surface area (Å²) in [5, 5.41) is 14.9. The van der Waals surface area contributed by atoms with Gasteiger partial charge >= 0.3 is 0 Å². The highest BCUT2D eigenvalue weighted by molar-refractivity contribution is 5.86. The van der Waals surface area contributed by atoms with Gasteiger partial charge in [0.2, 0.25) is 11.7 Å². The van der Waals surface area contributed by atoms with Gasteiger partial charge in [-0.25, -0.2) is 4.98 Å². The molecule has 1 aliphatic heterocycles. The quantitative estimate of drug-likeness (QED) is 0.745. The van der Waals surface area contributed by atoms with Crippen LogP contribution in [0.2, 0.25) is 0 Å². The van der Waals surface area contributed by atoms with Crippen LogP contribution in [0.15, 0.2) is 18.3 Å². The summed E-state index contributed by atoms with van der Waals surface area (Å²) < 4.78 is 11.8. The topological polar surface area (TPSA) is 98.7 Å². The van der Waals surface area contributed by atoms with Crippen LogP contribution in [0.4, 0.5) is 0 Å². The van der Waals surface area contributed by atoms with E-state index in [4.69, 9.17) is 14.5 Å². The molecular formula is C20H22N6O2. The van der Waals surface area contributed by atoms with Crippen molar-refractivity contribution in [3.63, 3.8) is 0 Å². The maximum absolute atomic E-state index is 6.32. The number of aryl methyl sites for hydroxylation is 2. The third-order valence-corrected chi connectivity index (χ3v) is 5.36. The van der Waals surface area contributed by atoms with Crippen molar-refractivity contribution in [1.29, 1.82) is 0 Å². The highest BCUT2D eigenvalue weighted by atomic mass is 16.5. The maximum Gasteiger partial charge on any atom is 0.226 e. The van der Waals surface area contributed by atoms with Gasteiger partial charge < -0.3 is 9.47 Å². The maximum atomic E-state index is 6.32. The Morgan fingerprint density at radius 2 is 2.14 bits per heavy atom. The Morgan fingerprint density at radius 3 is 2.93 bits per heavy atom. The van der Waals surface area contributed by atoms with Gasteiger partial charge in [0.15, 0.2) is 0 Å². The Morgan fingerprint density at radius 1 is 1.21 bits per heavy atom. The SMILES string of the molecule is Cc1cc(-c2c3c(nc(O[C@H]4CCOC4)c2-c2nn[nH]n2)CCCC3)ccn1. The standard InChI is InChI=1S/C20H22N6O2/c1-12-10-13(6-8-21-12)17-15-4-2-3-5-16(15)22-20(28-14-7-9-27-11-14)18(17)19-23-25-26-24-19/h6,8,10,14H,2-5,7,9,11H2,1H3,(H,23,24,25,26)/t14-/m0/s1. The van der Waals surface area contributed by atoms with E-state index in [0.717, 1.165) is 60.2 Å². The number of nitrogens with one attached hydrogen (secondary N) is 1. The number of rotatable bonds is 4. The van der Waals surface area contributed by atoms with Gasteiger partial charge in [0.1, 0.15) is 6.10 Å². The number of pyridine rings is 2. The zero-order chi connectivity index (χ0) is 18.9. The lowest BCUT2D eigenvalue weighted by Crippen LogP contribution is -2.19. The number of tetrazole rings is 1. The van der Waals surface area contributed by atoms with Crippen molar-refractivity contribution in [2.75, 3.05) is 13.2 Å². The van der Waals surface area contributed by atoms with Gasteiger partial charge in [-0.3, -0.25) is 4.98 Å². The summed E-state index contributed by atoms with van der Waals surface area (Å²) in [5.74, 6) is 1.07. The number of aromatic nitrogens is 6. The highest BCUT2D eigenvalue weighted by Gasteiger charge is 2.29. The van der Waals surface area contributed by atoms with E-state index >= 15 is 0 Å². The molecule has 4 heterocycles. The summed E-state index contributed by atoms with van der Waals surface area (Å²) in [6, 6.07) is 4.12. The lowest BCUT2D eigenvalue weighted by molar-refractivity contribution is 0.138. The molecule has 3 aromatic rings. The smallest absolute Gasteiger partial charge is 0.226 e. The number of hydrogen-bond donors (Lipinski definition) is 1. The monoisotopic (exact) mass is 378 g/mol. The molecule has 8 nitrogen and oxygen atoms in total. The lowest BCUT2D eigenvalue weighted by Gasteiger charge is -2.24. The molecule has 0 spiro atoms. The predicted molar refractivity (Wildman–Crippen MR) is 102 cm³/mol. The fourth-order valence-corrected chi connectivity index (χ4v) is 4.06. The largest absolute Gasteiger partial charge is 0.471 e. The minimum atomic E-state index is -0.00758. The van der Waals surface area contributed by atoms with Crippen LogP contribution in [0.3, 0.4) is 0 Å². The van der Waals surface area contributed by atoms with E-state index in [2.05, 4.69) is 31.7 Å². The molecule has 0 amide bonds. The lowest BCUT2D eigenvalue weighted by atomic mass is 9.86. The van der Waals surface area contributed by atoms with Crippen LogP contribution in [0, 0.1) is 6.92 Å². The fraction of sp³-hybridized carbons (Fsp3) is 0.450. The second-order valence-electron chi connectivity index (χ2n) is 7.32. The molecule has 1 saturated heterocycles. The second kappa shape index (κ2) is 7.27. The van der Waals surface area contributed by atoms with Crippen LogP contribution in [0.25, 0.3) is 22.5 Å². The van der Waals surface area contributed by atoms with Gasteiger partial charge in [-0.05, 0) is 61.1 Å². The Kier molecular flexibility index (Phi) is 4.48. The first-order chi connectivity index (χ1) is 13.8. The van der Waals surface area contributed by atoms with Gasteiger partial charge in [-0.15, -0.1) is 10.2 Å². The number of ether oxygens (including phenoxy) is 2. The molecule has 28 heavy (non-hydrogen) atoms. The third kappa shape index (κ3) is 3.13. The minimum absolute atomic E-state index is 0.00758. The fourth-order valence-electron chi connectivity index (χ4n) is 4.06. The second-order valence-corrected chi connectivity index (χ2v) is 7.32. The van der Waals surface area contributed by atoms with Crippen molar-refractivity contribution in [1.82, 2.24) is 30.6 Å². The molecule has 0 radical (unpaired) electrons. The van der Waals surface area contributed by atoms with Crippen molar-refractivity contribution in [2.45, 2.75) is 45.1 Å². The Balaban J connectivity index is 1.76. The van der Waals surface area contributed by atoms with Crippen molar-refractivity contribution in [3.8, 4) is 28.4 Å². The van der Waals surface area contributed by atoms with Crippen molar-refractivity contribution in [2.24, 2.45) is 0 Å². The number of aromatic amines is 1. The van der Waals surface area contributed by atoms with E-state index in [1.54, 1.807) is 0 Å². The number of fused-ring (bicyclic) bond motifs is 1. The first kappa shape index (κ1) is 17.2. The van der Waals surface area contributed by atoms with Crippen LogP contribution in [-0.2, 0) is 17.6 Å². The molecule has 0 aromatic carbocycles. The van der Waals surface area contributed by atoms with Gasteiger partial charge in [-0.2, -0.15) is 5.21 Å². The number of hydrogen-bond acceptors (Lipinski definition) is 7. The van der Waals surface area contributed by atoms with Crippen molar-refractivity contribution < 1.29 is 9.47 Å². The first-order valence-corrected chi connectivity index (χ1v) is 9.76. The van der Waals surface area contributed by atoms with Crippen LogP contribution in [-0.4, -0.2) is 49.9 Å². The molecule has 0 saturated carbocycles. The Hall–Kier alpha value is -2.87. The zero-order valence-electron chi connectivity index (χ0n) is 15.8. The molecule has 1 fully saturated rings. The van der Waals surface area contributed by atoms with Crippen LogP contribution in [0.1, 0.15) is 36.2 Å². The van der Waals surface area contributed by atoms with Crippen LogP contribution in [0.5, 0.6) is 5.88 Å². The van der Waals surface area contributed by atoms with Crippen LogP contribution >= 0.6 is 0 Å². The minimum Gasteiger partial charge on any atom is -0.471 e. The Bertz CT molecular complexity index is 983. The molecule has 5 rings (SSSR count). The summed E-state index contributed by atoms with van der Waals surface area (Å²) >= 11 is 0. The number of H-pyrrole nitrogens is 1. The zero-order valence-corrected chi connectivity index (χ0v) is 15.8. The first-order valence-electron chi connectivity index (χ1n) is 9.76. The molecule has 1 N–H and O–H groups in total. The van der Waals surface area contributed by atoms with E-state index < -0.39 is 0 Å². The average molecular weight is 378 g/mol.